The third kappa shape index (κ3) is 7.35. The highest BCUT2D eigenvalue weighted by atomic mass is 127. The van der Waals surface area contributed by atoms with Crippen molar-refractivity contribution in [1.82, 2.24) is 20.5 Å². The van der Waals surface area contributed by atoms with Gasteiger partial charge in [-0.15, -0.1) is 24.0 Å². The lowest BCUT2D eigenvalue weighted by molar-refractivity contribution is 0.312. The van der Waals surface area contributed by atoms with Crippen LogP contribution in [-0.4, -0.2) is 62.2 Å². The van der Waals surface area contributed by atoms with Crippen LogP contribution in [0, 0.1) is 0 Å². The van der Waals surface area contributed by atoms with E-state index < -0.39 is 0 Å². The minimum Gasteiger partial charge on any atom is -0.357 e. The fraction of sp³-hybridized carbons (Fsp3) is 0.500. The summed E-state index contributed by atoms with van der Waals surface area (Å²) in [5.41, 5.74) is 2.50. The van der Waals surface area contributed by atoms with E-state index in [4.69, 9.17) is 4.99 Å². The lowest BCUT2D eigenvalue weighted by atomic mass is 9.85. The topological polar surface area (TPSA) is 55.8 Å². The van der Waals surface area contributed by atoms with Gasteiger partial charge in [-0.1, -0.05) is 50.2 Å². The van der Waals surface area contributed by atoms with Gasteiger partial charge in [0.25, 0.3) is 0 Å². The summed E-state index contributed by atoms with van der Waals surface area (Å²) < 4.78 is 0. The molecule has 1 aromatic carbocycles. The number of nitrogens with zero attached hydrogens (tertiary/aromatic N) is 4. The van der Waals surface area contributed by atoms with Crippen molar-refractivity contribution in [1.29, 1.82) is 0 Å². The average molecular weight is 537 g/mol. The first-order valence-corrected chi connectivity index (χ1v) is 10.9. The third-order valence-electron chi connectivity index (χ3n) is 5.68. The molecule has 2 aromatic rings. The van der Waals surface area contributed by atoms with Gasteiger partial charge in [-0.05, 0) is 25.6 Å². The average Bonchev–Trinajstić information content (AvgIpc) is 2.77. The molecule has 2 heterocycles. The fourth-order valence-electron chi connectivity index (χ4n) is 3.66. The minimum absolute atomic E-state index is 0. The summed E-state index contributed by atoms with van der Waals surface area (Å²) in [6.07, 6.45) is 1.88. The molecular weight excluding hydrogens is 499 g/mol. The summed E-state index contributed by atoms with van der Waals surface area (Å²) in [4.78, 5) is 14.3. The van der Waals surface area contributed by atoms with Crippen LogP contribution in [0.1, 0.15) is 31.9 Å². The number of halogens is 1. The van der Waals surface area contributed by atoms with Crippen LogP contribution in [0.5, 0.6) is 0 Å². The van der Waals surface area contributed by atoms with Crippen LogP contribution < -0.4 is 15.5 Å². The van der Waals surface area contributed by atoms with Crippen molar-refractivity contribution < 1.29 is 0 Å². The standard InChI is InChI=1S/C24H36N6.HI/c1-5-25-23(28-19-24(2,3)21-11-7-6-8-12-21)27-18-20-10-9-13-26-22(20)30-16-14-29(4)15-17-30;/h6-13H,5,14-19H2,1-4H3,(H2,25,27,28);1H. The van der Waals surface area contributed by atoms with Gasteiger partial charge in [-0.25, -0.2) is 9.98 Å². The summed E-state index contributed by atoms with van der Waals surface area (Å²) >= 11 is 0. The molecule has 1 aromatic heterocycles. The second-order valence-electron chi connectivity index (χ2n) is 8.58. The van der Waals surface area contributed by atoms with Crippen LogP contribution in [-0.2, 0) is 12.0 Å². The Balaban J connectivity index is 0.00000341. The summed E-state index contributed by atoms with van der Waals surface area (Å²) in [7, 11) is 2.17. The zero-order valence-corrected chi connectivity index (χ0v) is 21.6. The Morgan fingerprint density at radius 3 is 2.42 bits per heavy atom. The summed E-state index contributed by atoms with van der Waals surface area (Å²) in [5, 5.41) is 6.91. The number of pyridine rings is 1. The quantitative estimate of drug-likeness (QED) is 0.323. The number of aromatic nitrogens is 1. The highest BCUT2D eigenvalue weighted by Crippen LogP contribution is 2.22. The maximum atomic E-state index is 4.87. The number of piperazine rings is 1. The number of hydrogen-bond acceptors (Lipinski definition) is 4. The molecule has 2 N–H and O–H groups in total. The Hall–Kier alpha value is -1.87. The van der Waals surface area contributed by atoms with Crippen molar-refractivity contribution in [3.63, 3.8) is 0 Å². The van der Waals surface area contributed by atoms with Crippen molar-refractivity contribution >= 4 is 35.8 Å². The normalized spacial score (nSPS) is 15.4. The molecule has 6 nitrogen and oxygen atoms in total. The predicted molar refractivity (Wildman–Crippen MR) is 142 cm³/mol. The Bertz CT molecular complexity index is 816. The molecule has 0 atom stereocenters. The van der Waals surface area contributed by atoms with Gasteiger partial charge >= 0.3 is 0 Å². The van der Waals surface area contributed by atoms with E-state index in [1.807, 2.05) is 12.3 Å². The van der Waals surface area contributed by atoms with Gasteiger partial charge in [-0.3, -0.25) is 0 Å². The van der Waals surface area contributed by atoms with E-state index in [0.717, 1.165) is 51.0 Å². The first kappa shape index (κ1) is 25.4. The monoisotopic (exact) mass is 536 g/mol. The van der Waals surface area contributed by atoms with Crippen molar-refractivity contribution in [3.05, 3.63) is 59.8 Å². The van der Waals surface area contributed by atoms with Crippen LogP contribution in [0.4, 0.5) is 5.82 Å². The number of benzene rings is 1. The van der Waals surface area contributed by atoms with Gasteiger partial charge in [0.2, 0.25) is 0 Å². The van der Waals surface area contributed by atoms with Gasteiger partial charge in [0.15, 0.2) is 5.96 Å². The second kappa shape index (κ2) is 12.2. The van der Waals surface area contributed by atoms with Crippen LogP contribution in [0.25, 0.3) is 0 Å². The van der Waals surface area contributed by atoms with Crippen LogP contribution >= 0.6 is 24.0 Å². The van der Waals surface area contributed by atoms with Crippen molar-refractivity contribution in [2.24, 2.45) is 4.99 Å². The Morgan fingerprint density at radius 1 is 1.03 bits per heavy atom. The lowest BCUT2D eigenvalue weighted by Gasteiger charge is -2.34. The molecule has 0 aliphatic carbocycles. The van der Waals surface area contributed by atoms with Crippen LogP contribution in [0.3, 0.4) is 0 Å². The van der Waals surface area contributed by atoms with E-state index in [0.29, 0.717) is 6.54 Å². The molecule has 0 saturated carbocycles. The molecule has 170 valence electrons. The Kier molecular flexibility index (Phi) is 10.0. The van der Waals surface area contributed by atoms with Gasteiger partial charge < -0.3 is 20.4 Å². The fourth-order valence-corrected chi connectivity index (χ4v) is 3.66. The molecular formula is C24H37IN6. The summed E-state index contributed by atoms with van der Waals surface area (Å²) in [6.45, 7) is 13.0. The highest BCUT2D eigenvalue weighted by Gasteiger charge is 2.21. The number of likely N-dealkylation sites (N-methyl/N-ethyl adjacent to an activating group) is 1. The van der Waals surface area contributed by atoms with E-state index >= 15 is 0 Å². The lowest BCUT2D eigenvalue weighted by Crippen LogP contribution is -2.45. The first-order valence-electron chi connectivity index (χ1n) is 10.9. The molecule has 7 heteroatoms. The maximum absolute atomic E-state index is 4.87. The smallest absolute Gasteiger partial charge is 0.191 e. The number of anilines is 1. The van der Waals surface area contributed by atoms with Crippen molar-refractivity contribution in [2.45, 2.75) is 32.7 Å². The predicted octanol–water partition coefficient (Wildman–Crippen LogP) is 3.48. The highest BCUT2D eigenvalue weighted by molar-refractivity contribution is 14.0. The van der Waals surface area contributed by atoms with E-state index in [1.54, 1.807) is 0 Å². The molecule has 0 spiro atoms. The Morgan fingerprint density at radius 2 is 1.74 bits per heavy atom. The van der Waals surface area contributed by atoms with Gasteiger partial charge in [-0.2, -0.15) is 0 Å². The number of aliphatic imine (C=N–C) groups is 1. The molecule has 1 aliphatic rings. The van der Waals surface area contributed by atoms with Crippen molar-refractivity contribution in [2.75, 3.05) is 51.2 Å². The molecule has 1 saturated heterocycles. The van der Waals surface area contributed by atoms with E-state index in [2.05, 4.69) is 89.6 Å². The molecule has 0 bridgehead atoms. The zero-order valence-electron chi connectivity index (χ0n) is 19.3. The van der Waals surface area contributed by atoms with E-state index in [-0.39, 0.29) is 29.4 Å². The maximum Gasteiger partial charge on any atom is 0.191 e. The van der Waals surface area contributed by atoms with E-state index in [1.165, 1.54) is 11.1 Å². The molecule has 31 heavy (non-hydrogen) atoms. The number of nitrogens with one attached hydrogen (secondary N) is 2. The van der Waals surface area contributed by atoms with Gasteiger partial charge in [0.1, 0.15) is 5.82 Å². The summed E-state index contributed by atoms with van der Waals surface area (Å²) in [5.74, 6) is 1.91. The van der Waals surface area contributed by atoms with Crippen molar-refractivity contribution in [3.8, 4) is 0 Å². The Labute approximate surface area is 204 Å². The number of hydrogen-bond donors (Lipinski definition) is 2. The second-order valence-corrected chi connectivity index (χ2v) is 8.58. The molecule has 1 aliphatic heterocycles. The number of guanidine groups is 1. The van der Waals surface area contributed by atoms with Crippen LogP contribution in [0.15, 0.2) is 53.7 Å². The zero-order chi connectivity index (χ0) is 21.4. The largest absolute Gasteiger partial charge is 0.357 e. The minimum atomic E-state index is 0. The first-order chi connectivity index (χ1) is 14.5. The third-order valence-corrected chi connectivity index (χ3v) is 5.68. The van der Waals surface area contributed by atoms with E-state index in [9.17, 15) is 0 Å². The molecule has 3 rings (SSSR count). The molecule has 1 fully saturated rings. The molecule has 0 unspecified atom stereocenters. The van der Waals surface area contributed by atoms with Crippen LogP contribution in [0.2, 0.25) is 0 Å². The SMILES string of the molecule is CCNC(=NCc1cccnc1N1CCN(C)CC1)NCC(C)(C)c1ccccc1.I. The summed E-state index contributed by atoms with van der Waals surface area (Å²) in [6, 6.07) is 14.8. The number of rotatable bonds is 7. The van der Waals surface area contributed by atoms with Gasteiger partial charge in [0, 0.05) is 56.4 Å². The molecule has 0 radical (unpaired) electrons. The van der Waals surface area contributed by atoms with Gasteiger partial charge in [0.05, 0.1) is 6.54 Å². The molecule has 0 amide bonds.